The predicted octanol–water partition coefficient (Wildman–Crippen LogP) is 3.06. The van der Waals surface area contributed by atoms with Crippen LogP contribution in [-0.4, -0.2) is 23.5 Å². The molecule has 1 unspecified atom stereocenters. The summed E-state index contributed by atoms with van der Waals surface area (Å²) < 4.78 is 0. The summed E-state index contributed by atoms with van der Waals surface area (Å²) in [5.41, 5.74) is 0.220. The molecule has 1 heterocycles. The Balaban J connectivity index is 1.61. The lowest BCUT2D eigenvalue weighted by Crippen LogP contribution is -2.45. The number of halogens is 1. The zero-order valence-electron chi connectivity index (χ0n) is 13.7. The Hall–Kier alpha value is -1.89. The molecule has 3 rings (SSSR count). The zero-order chi connectivity index (χ0) is 18.0. The summed E-state index contributed by atoms with van der Waals surface area (Å²) in [6.45, 7) is 1.86. The molecule has 2 amide bonds. The molecule has 0 bridgehead atoms. The first-order chi connectivity index (χ1) is 11.9. The maximum atomic E-state index is 12.1. The molecule has 0 aliphatic heterocycles. The summed E-state index contributed by atoms with van der Waals surface area (Å²) in [7, 11) is 0. The number of aryl methyl sites for hydroxylation is 1. The maximum Gasteiger partial charge on any atom is 0.313 e. The monoisotopic (exact) mass is 378 g/mol. The van der Waals surface area contributed by atoms with Gasteiger partial charge in [0, 0.05) is 15.6 Å². The highest BCUT2D eigenvalue weighted by Gasteiger charge is 2.46. The predicted molar refractivity (Wildman–Crippen MR) is 98.8 cm³/mol. The molecule has 2 aromatic rings. The van der Waals surface area contributed by atoms with E-state index in [1.54, 1.807) is 18.2 Å². The summed E-state index contributed by atoms with van der Waals surface area (Å²) in [5.74, 6) is -1.46. The first-order valence-electron chi connectivity index (χ1n) is 8.02. The number of hydrogen-bond donors (Lipinski definition) is 3. The van der Waals surface area contributed by atoms with Crippen molar-refractivity contribution >= 4 is 40.4 Å². The van der Waals surface area contributed by atoms with Crippen molar-refractivity contribution in [3.8, 4) is 0 Å². The average molecular weight is 379 g/mol. The van der Waals surface area contributed by atoms with Crippen molar-refractivity contribution in [1.82, 2.24) is 5.32 Å². The van der Waals surface area contributed by atoms with Gasteiger partial charge in [0.1, 0.15) is 5.60 Å². The first kappa shape index (κ1) is 17.9. The van der Waals surface area contributed by atoms with E-state index in [0.717, 1.165) is 23.3 Å². The number of thiophene rings is 1. The van der Waals surface area contributed by atoms with Crippen LogP contribution < -0.4 is 10.6 Å². The normalized spacial score (nSPS) is 16.1. The molecule has 1 aliphatic rings. The van der Waals surface area contributed by atoms with Crippen LogP contribution in [0, 0.1) is 12.8 Å². The Morgan fingerprint density at radius 2 is 2.08 bits per heavy atom. The van der Waals surface area contributed by atoms with E-state index in [-0.39, 0.29) is 12.5 Å². The molecule has 3 N–H and O–H groups in total. The number of carbonyl (C=O) groups is 2. The van der Waals surface area contributed by atoms with Crippen molar-refractivity contribution in [2.24, 2.45) is 5.92 Å². The van der Waals surface area contributed by atoms with Gasteiger partial charge in [-0.1, -0.05) is 23.7 Å². The number of benzene rings is 1. The van der Waals surface area contributed by atoms with Gasteiger partial charge in [-0.3, -0.25) is 9.59 Å². The summed E-state index contributed by atoms with van der Waals surface area (Å²) >= 11 is 7.46. The molecule has 0 radical (unpaired) electrons. The fraction of sp³-hybridized carbons (Fsp3) is 0.333. The van der Waals surface area contributed by atoms with Crippen LogP contribution in [0.2, 0.25) is 5.02 Å². The van der Waals surface area contributed by atoms with Gasteiger partial charge in [-0.25, -0.2) is 0 Å². The van der Waals surface area contributed by atoms with Crippen LogP contribution in [0.1, 0.15) is 23.3 Å². The highest BCUT2D eigenvalue weighted by Crippen LogP contribution is 2.46. The van der Waals surface area contributed by atoms with Crippen LogP contribution >= 0.6 is 22.9 Å². The van der Waals surface area contributed by atoms with Crippen molar-refractivity contribution in [3.63, 3.8) is 0 Å². The van der Waals surface area contributed by atoms with Crippen LogP contribution in [0.4, 0.5) is 5.69 Å². The highest BCUT2D eigenvalue weighted by molar-refractivity contribution is 7.10. The lowest BCUT2D eigenvalue weighted by Gasteiger charge is -2.27. The number of aliphatic hydroxyl groups is 1. The molecule has 0 spiro atoms. The van der Waals surface area contributed by atoms with Gasteiger partial charge in [-0.2, -0.15) is 0 Å². The summed E-state index contributed by atoms with van der Waals surface area (Å²) in [6, 6.07) is 8.75. The third kappa shape index (κ3) is 4.03. The summed E-state index contributed by atoms with van der Waals surface area (Å²) in [6.07, 6.45) is 1.83. The smallest absolute Gasteiger partial charge is 0.313 e. The van der Waals surface area contributed by atoms with E-state index in [2.05, 4.69) is 10.6 Å². The average Bonchev–Trinajstić information content (AvgIpc) is 3.30. The molecule has 1 saturated carbocycles. The molecule has 7 heteroatoms. The van der Waals surface area contributed by atoms with Crippen LogP contribution in [-0.2, 0) is 15.2 Å². The fourth-order valence-corrected chi connectivity index (χ4v) is 3.76. The molecule has 0 saturated heterocycles. The van der Waals surface area contributed by atoms with Gasteiger partial charge < -0.3 is 15.7 Å². The van der Waals surface area contributed by atoms with Gasteiger partial charge in [0.15, 0.2) is 0 Å². The van der Waals surface area contributed by atoms with Gasteiger partial charge >= 0.3 is 11.8 Å². The van der Waals surface area contributed by atoms with Gasteiger partial charge in [0.2, 0.25) is 0 Å². The topological polar surface area (TPSA) is 78.4 Å². The number of carbonyl (C=O) groups excluding carboxylic acids is 2. The molecule has 1 fully saturated rings. The molecule has 132 valence electrons. The lowest BCUT2D eigenvalue weighted by molar-refractivity contribution is -0.137. The molecule has 1 aromatic heterocycles. The van der Waals surface area contributed by atoms with Crippen LogP contribution in [0.3, 0.4) is 0 Å². The standard InChI is InChI=1S/C18H19ClN2O3S/c1-11-4-7-13(9-14(11)19)21-17(23)16(22)20-10-18(24,12-5-6-12)15-3-2-8-25-15/h2-4,7-9,12,24H,5-6,10H2,1H3,(H,20,22)(H,21,23). The molecule has 1 atom stereocenters. The largest absolute Gasteiger partial charge is 0.382 e. The van der Waals surface area contributed by atoms with Crippen molar-refractivity contribution < 1.29 is 14.7 Å². The Bertz CT molecular complexity index is 790. The number of amides is 2. The van der Waals surface area contributed by atoms with Crippen LogP contribution in [0.5, 0.6) is 0 Å². The third-order valence-electron chi connectivity index (χ3n) is 4.35. The third-order valence-corrected chi connectivity index (χ3v) is 5.80. The maximum absolute atomic E-state index is 12.1. The van der Waals surface area contributed by atoms with Crippen LogP contribution in [0.25, 0.3) is 0 Å². The second kappa shape index (κ2) is 7.15. The van der Waals surface area contributed by atoms with Gasteiger partial charge in [0.25, 0.3) is 0 Å². The molecular weight excluding hydrogens is 360 g/mol. The first-order valence-corrected chi connectivity index (χ1v) is 9.27. The van der Waals surface area contributed by atoms with E-state index in [0.29, 0.717) is 10.7 Å². The Morgan fingerprint density at radius 3 is 2.68 bits per heavy atom. The molecule has 1 aliphatic carbocycles. The Labute approximate surface area is 155 Å². The number of anilines is 1. The van der Waals surface area contributed by atoms with Gasteiger partial charge in [-0.15, -0.1) is 11.3 Å². The van der Waals surface area contributed by atoms with Gasteiger partial charge in [0.05, 0.1) is 6.54 Å². The van der Waals surface area contributed by atoms with Crippen molar-refractivity contribution in [1.29, 1.82) is 0 Å². The second-order valence-corrected chi connectivity index (χ2v) is 7.63. The van der Waals surface area contributed by atoms with Crippen molar-refractivity contribution in [3.05, 3.63) is 51.2 Å². The van der Waals surface area contributed by atoms with E-state index in [1.807, 2.05) is 24.4 Å². The van der Waals surface area contributed by atoms with Crippen molar-refractivity contribution in [2.75, 3.05) is 11.9 Å². The lowest BCUT2D eigenvalue weighted by atomic mass is 9.95. The zero-order valence-corrected chi connectivity index (χ0v) is 15.3. The second-order valence-electron chi connectivity index (χ2n) is 6.28. The Kier molecular flexibility index (Phi) is 5.13. The minimum absolute atomic E-state index is 0.0130. The summed E-state index contributed by atoms with van der Waals surface area (Å²) in [5, 5.41) is 18.4. The quantitative estimate of drug-likeness (QED) is 0.699. The van der Waals surface area contributed by atoms with Gasteiger partial charge in [-0.05, 0) is 54.8 Å². The molecular formula is C18H19ClN2O3S. The van der Waals surface area contributed by atoms with E-state index >= 15 is 0 Å². The molecule has 25 heavy (non-hydrogen) atoms. The summed E-state index contributed by atoms with van der Waals surface area (Å²) in [4.78, 5) is 25.0. The Morgan fingerprint density at radius 1 is 1.32 bits per heavy atom. The number of nitrogens with one attached hydrogen (secondary N) is 2. The number of rotatable bonds is 5. The van der Waals surface area contributed by atoms with Crippen molar-refractivity contribution in [2.45, 2.75) is 25.4 Å². The van der Waals surface area contributed by atoms with Crippen LogP contribution in [0.15, 0.2) is 35.7 Å². The highest BCUT2D eigenvalue weighted by atomic mass is 35.5. The molecule has 1 aromatic carbocycles. The SMILES string of the molecule is Cc1ccc(NC(=O)C(=O)NCC(O)(c2cccs2)C2CC2)cc1Cl. The fourth-order valence-electron chi connectivity index (χ4n) is 2.67. The van der Waals surface area contributed by atoms with E-state index < -0.39 is 17.4 Å². The minimum atomic E-state index is -1.11. The number of hydrogen-bond acceptors (Lipinski definition) is 4. The minimum Gasteiger partial charge on any atom is -0.382 e. The van der Waals surface area contributed by atoms with E-state index in [9.17, 15) is 14.7 Å². The van der Waals surface area contributed by atoms with E-state index in [1.165, 1.54) is 11.3 Å². The molecule has 5 nitrogen and oxygen atoms in total. The van der Waals surface area contributed by atoms with E-state index in [4.69, 9.17) is 11.6 Å².